The number of aliphatic carboxylic acids is 1. The molecular formula is C29H41NO5. The van der Waals surface area contributed by atoms with Gasteiger partial charge < -0.3 is 19.9 Å². The predicted octanol–water partition coefficient (Wildman–Crippen LogP) is 6.69. The smallest absolute Gasteiger partial charge is 0.303 e. The van der Waals surface area contributed by atoms with Gasteiger partial charge in [-0.2, -0.15) is 0 Å². The molecule has 0 aliphatic heterocycles. The molecule has 2 rings (SSSR count). The monoisotopic (exact) mass is 483 g/mol. The van der Waals surface area contributed by atoms with E-state index in [9.17, 15) is 9.59 Å². The Morgan fingerprint density at radius 2 is 1.63 bits per heavy atom. The molecule has 0 radical (unpaired) electrons. The second-order valence-corrected chi connectivity index (χ2v) is 10.1. The van der Waals surface area contributed by atoms with Gasteiger partial charge in [0.1, 0.15) is 11.5 Å². The second kappa shape index (κ2) is 13.2. The van der Waals surface area contributed by atoms with E-state index in [1.54, 1.807) is 14.2 Å². The number of ether oxygens (including phenoxy) is 2. The first-order valence-corrected chi connectivity index (χ1v) is 12.4. The van der Waals surface area contributed by atoms with Crippen molar-refractivity contribution in [1.29, 1.82) is 0 Å². The third-order valence-electron chi connectivity index (χ3n) is 6.40. The highest BCUT2D eigenvalue weighted by Gasteiger charge is 2.41. The average molecular weight is 484 g/mol. The van der Waals surface area contributed by atoms with Gasteiger partial charge in [-0.3, -0.25) is 9.59 Å². The minimum atomic E-state index is -0.840. The first-order valence-electron chi connectivity index (χ1n) is 12.4. The third kappa shape index (κ3) is 8.01. The normalized spacial score (nSPS) is 13.1. The number of carboxylic acid groups (broad SMARTS) is 1. The van der Waals surface area contributed by atoms with Crippen LogP contribution in [0, 0.1) is 11.3 Å². The molecule has 0 fully saturated rings. The molecule has 6 nitrogen and oxygen atoms in total. The van der Waals surface area contributed by atoms with Crippen LogP contribution in [0.1, 0.15) is 76.8 Å². The number of rotatable bonds is 13. The standard InChI is InChI=1S/C29H41NO5/c1-7-8-9-14-22(26-23(34-5)15-11-16-24(26)35-6)27(29(2,3)4)28(33)30-21-13-10-12-20(19-21)17-18-25(31)32/h10-13,15-16,19,22,27H,7-9,14,17-18H2,1-6H3,(H,30,33)(H,31,32). The largest absolute Gasteiger partial charge is 0.496 e. The first-order chi connectivity index (χ1) is 16.6. The molecule has 0 saturated carbocycles. The Morgan fingerprint density at radius 3 is 2.17 bits per heavy atom. The summed E-state index contributed by atoms with van der Waals surface area (Å²) in [7, 11) is 3.30. The Bertz CT molecular complexity index is 957. The first kappa shape index (κ1) is 28.2. The number of carbonyl (C=O) groups is 2. The zero-order valence-corrected chi connectivity index (χ0v) is 22.0. The molecule has 0 aliphatic rings. The van der Waals surface area contributed by atoms with E-state index >= 15 is 0 Å². The lowest BCUT2D eigenvalue weighted by Crippen LogP contribution is -2.38. The minimum Gasteiger partial charge on any atom is -0.496 e. The minimum absolute atomic E-state index is 0.0507. The van der Waals surface area contributed by atoms with Crippen LogP contribution in [0.15, 0.2) is 42.5 Å². The number of amides is 1. The number of hydrogen-bond donors (Lipinski definition) is 2. The quantitative estimate of drug-likeness (QED) is 0.310. The number of benzene rings is 2. The Kier molecular flexibility index (Phi) is 10.6. The molecule has 35 heavy (non-hydrogen) atoms. The topological polar surface area (TPSA) is 84.9 Å². The van der Waals surface area contributed by atoms with Crippen molar-refractivity contribution in [3.05, 3.63) is 53.6 Å². The lowest BCUT2D eigenvalue weighted by molar-refractivity contribution is -0.137. The van der Waals surface area contributed by atoms with Gasteiger partial charge >= 0.3 is 5.97 Å². The van der Waals surface area contributed by atoms with Gasteiger partial charge in [-0.1, -0.05) is 65.2 Å². The number of nitrogens with one attached hydrogen (secondary N) is 1. The maximum Gasteiger partial charge on any atom is 0.303 e. The fourth-order valence-electron chi connectivity index (χ4n) is 4.79. The van der Waals surface area contributed by atoms with Crippen LogP contribution in [0.25, 0.3) is 0 Å². The van der Waals surface area contributed by atoms with E-state index in [4.69, 9.17) is 14.6 Å². The van der Waals surface area contributed by atoms with Gasteiger partial charge in [-0.05, 0) is 48.1 Å². The summed E-state index contributed by atoms with van der Waals surface area (Å²) in [5, 5.41) is 12.1. The highest BCUT2D eigenvalue weighted by molar-refractivity contribution is 5.94. The van der Waals surface area contributed by atoms with Crippen molar-refractivity contribution in [2.45, 2.75) is 72.1 Å². The lowest BCUT2D eigenvalue weighted by atomic mass is 9.68. The Labute approximate surface area is 210 Å². The molecule has 2 unspecified atom stereocenters. The Hall–Kier alpha value is -3.02. The fraction of sp³-hybridized carbons (Fsp3) is 0.517. The summed E-state index contributed by atoms with van der Waals surface area (Å²) in [5.74, 6) is 0.0810. The number of methoxy groups -OCH3 is 2. The van der Waals surface area contributed by atoms with E-state index in [0.29, 0.717) is 12.1 Å². The molecule has 192 valence electrons. The summed E-state index contributed by atoms with van der Waals surface area (Å²) in [6.45, 7) is 8.45. The summed E-state index contributed by atoms with van der Waals surface area (Å²) < 4.78 is 11.5. The average Bonchev–Trinajstić information content (AvgIpc) is 2.81. The molecule has 0 saturated heterocycles. The summed E-state index contributed by atoms with van der Waals surface area (Å²) in [4.78, 5) is 24.9. The van der Waals surface area contributed by atoms with Crippen LogP contribution in [0.2, 0.25) is 0 Å². The molecule has 2 atom stereocenters. The molecule has 0 bridgehead atoms. The van der Waals surface area contributed by atoms with Gasteiger partial charge in [0.05, 0.1) is 20.1 Å². The van der Waals surface area contributed by atoms with E-state index in [1.807, 2.05) is 42.5 Å². The van der Waals surface area contributed by atoms with Crippen molar-refractivity contribution in [2.75, 3.05) is 19.5 Å². The number of unbranched alkanes of at least 4 members (excludes halogenated alkanes) is 2. The van der Waals surface area contributed by atoms with Crippen molar-refractivity contribution in [3.63, 3.8) is 0 Å². The van der Waals surface area contributed by atoms with E-state index in [2.05, 4.69) is 33.0 Å². The van der Waals surface area contributed by atoms with Crippen LogP contribution in [0.5, 0.6) is 11.5 Å². The summed E-state index contributed by atoms with van der Waals surface area (Å²) in [5.41, 5.74) is 2.14. The van der Waals surface area contributed by atoms with Crippen LogP contribution in [-0.4, -0.2) is 31.2 Å². The van der Waals surface area contributed by atoms with Gasteiger partial charge in [0.15, 0.2) is 0 Å². The molecule has 0 heterocycles. The van der Waals surface area contributed by atoms with Crippen molar-refractivity contribution in [3.8, 4) is 11.5 Å². The number of carboxylic acids is 1. The summed E-state index contributed by atoms with van der Waals surface area (Å²) >= 11 is 0. The van der Waals surface area contributed by atoms with Gasteiger partial charge in [0, 0.05) is 23.6 Å². The van der Waals surface area contributed by atoms with Crippen LogP contribution in [0.3, 0.4) is 0 Å². The molecule has 6 heteroatoms. The summed E-state index contributed by atoms with van der Waals surface area (Å²) in [6, 6.07) is 13.2. The predicted molar refractivity (Wildman–Crippen MR) is 140 cm³/mol. The zero-order valence-electron chi connectivity index (χ0n) is 22.0. The van der Waals surface area contributed by atoms with Crippen LogP contribution in [-0.2, 0) is 16.0 Å². The molecule has 2 N–H and O–H groups in total. The van der Waals surface area contributed by atoms with E-state index in [0.717, 1.165) is 48.3 Å². The number of carbonyl (C=O) groups excluding carboxylic acids is 1. The summed E-state index contributed by atoms with van der Waals surface area (Å²) in [6.07, 6.45) is 4.46. The number of hydrogen-bond acceptors (Lipinski definition) is 4. The van der Waals surface area contributed by atoms with Crippen LogP contribution >= 0.6 is 0 Å². The van der Waals surface area contributed by atoms with Crippen LogP contribution in [0.4, 0.5) is 5.69 Å². The molecular weight excluding hydrogens is 442 g/mol. The van der Waals surface area contributed by atoms with Gasteiger partial charge in [0.25, 0.3) is 0 Å². The van der Waals surface area contributed by atoms with E-state index in [1.165, 1.54) is 0 Å². The Balaban J connectivity index is 2.47. The SMILES string of the molecule is CCCCCC(c1c(OC)cccc1OC)C(C(=O)Nc1cccc(CCC(=O)O)c1)C(C)(C)C. The van der Waals surface area contributed by atoms with Gasteiger partial charge in [-0.15, -0.1) is 0 Å². The number of aryl methyl sites for hydroxylation is 1. The third-order valence-corrected chi connectivity index (χ3v) is 6.40. The fourth-order valence-corrected chi connectivity index (χ4v) is 4.79. The van der Waals surface area contributed by atoms with E-state index < -0.39 is 5.97 Å². The maximum absolute atomic E-state index is 13.9. The molecule has 0 aromatic heterocycles. The molecule has 0 aliphatic carbocycles. The maximum atomic E-state index is 13.9. The van der Waals surface area contributed by atoms with E-state index in [-0.39, 0.29) is 29.6 Å². The van der Waals surface area contributed by atoms with Crippen LogP contribution < -0.4 is 14.8 Å². The highest BCUT2D eigenvalue weighted by Crippen LogP contribution is 2.47. The molecule has 2 aromatic carbocycles. The van der Waals surface area contributed by atoms with Gasteiger partial charge in [-0.25, -0.2) is 0 Å². The molecule has 0 spiro atoms. The highest BCUT2D eigenvalue weighted by atomic mass is 16.5. The lowest BCUT2D eigenvalue weighted by Gasteiger charge is -2.37. The Morgan fingerprint density at radius 1 is 1.00 bits per heavy atom. The number of anilines is 1. The zero-order chi connectivity index (χ0) is 26.0. The van der Waals surface area contributed by atoms with Crippen molar-refractivity contribution in [1.82, 2.24) is 0 Å². The van der Waals surface area contributed by atoms with Crippen molar-refractivity contribution < 1.29 is 24.2 Å². The van der Waals surface area contributed by atoms with Crippen molar-refractivity contribution in [2.24, 2.45) is 11.3 Å². The molecule has 2 aromatic rings. The second-order valence-electron chi connectivity index (χ2n) is 10.1. The molecule has 1 amide bonds. The van der Waals surface area contributed by atoms with Crippen molar-refractivity contribution >= 4 is 17.6 Å². The van der Waals surface area contributed by atoms with Gasteiger partial charge in [0.2, 0.25) is 5.91 Å².